The van der Waals surface area contributed by atoms with Gasteiger partial charge >= 0.3 is 0 Å². The van der Waals surface area contributed by atoms with Gasteiger partial charge in [-0.25, -0.2) is 9.37 Å². The molecule has 1 amide bonds. The third kappa shape index (κ3) is 3.25. The predicted molar refractivity (Wildman–Crippen MR) is 91.7 cm³/mol. The molecule has 0 fully saturated rings. The number of benzene rings is 2. The van der Waals surface area contributed by atoms with Crippen LogP contribution in [0.25, 0.3) is 10.6 Å². The number of hydrogen-bond donors (Lipinski definition) is 1. The zero-order chi connectivity index (χ0) is 16.4. The minimum absolute atomic E-state index is 0.0335. The number of hydrogen-bond acceptors (Lipinski definition) is 3. The van der Waals surface area contributed by atoms with E-state index in [9.17, 15) is 9.18 Å². The zero-order valence-electron chi connectivity index (χ0n) is 12.1. The number of aryl methyl sites for hydroxylation is 1. The molecular weight excluding hydrogens is 335 g/mol. The van der Waals surface area contributed by atoms with E-state index < -0.39 is 11.7 Å². The molecule has 0 radical (unpaired) electrons. The fourth-order valence-corrected chi connectivity index (χ4v) is 3.23. The highest BCUT2D eigenvalue weighted by Gasteiger charge is 2.18. The predicted octanol–water partition coefficient (Wildman–Crippen LogP) is 5.16. The normalized spacial score (nSPS) is 10.6. The summed E-state index contributed by atoms with van der Waals surface area (Å²) in [7, 11) is 0. The first-order chi connectivity index (χ1) is 11.1. The summed E-state index contributed by atoms with van der Waals surface area (Å²) in [5.41, 5.74) is 1.60. The third-order valence-electron chi connectivity index (χ3n) is 3.22. The van der Waals surface area contributed by atoms with E-state index in [-0.39, 0.29) is 10.7 Å². The van der Waals surface area contributed by atoms with Crippen LogP contribution >= 0.6 is 22.9 Å². The van der Waals surface area contributed by atoms with Gasteiger partial charge in [0.25, 0.3) is 5.91 Å². The molecule has 3 nitrogen and oxygen atoms in total. The summed E-state index contributed by atoms with van der Waals surface area (Å²) in [5.74, 6) is -1.05. The van der Waals surface area contributed by atoms with Gasteiger partial charge in [0.15, 0.2) is 5.82 Å². The topological polar surface area (TPSA) is 42.0 Å². The molecule has 0 spiro atoms. The second-order valence-corrected chi connectivity index (χ2v) is 6.26. The van der Waals surface area contributed by atoms with Crippen LogP contribution < -0.4 is 5.32 Å². The van der Waals surface area contributed by atoms with E-state index in [2.05, 4.69) is 10.3 Å². The van der Waals surface area contributed by atoms with Gasteiger partial charge in [0.2, 0.25) is 0 Å². The smallest absolute Gasteiger partial charge is 0.267 e. The van der Waals surface area contributed by atoms with Crippen LogP contribution in [0.3, 0.4) is 0 Å². The van der Waals surface area contributed by atoms with Gasteiger partial charge in [-0.05, 0) is 19.1 Å². The molecule has 23 heavy (non-hydrogen) atoms. The average molecular weight is 347 g/mol. The Morgan fingerprint density at radius 2 is 1.91 bits per heavy atom. The van der Waals surface area contributed by atoms with Crippen molar-refractivity contribution in [3.63, 3.8) is 0 Å². The van der Waals surface area contributed by atoms with Crippen molar-refractivity contribution in [2.24, 2.45) is 0 Å². The van der Waals surface area contributed by atoms with Crippen LogP contribution in [-0.2, 0) is 0 Å². The Kier molecular flexibility index (Phi) is 4.41. The molecule has 1 N–H and O–H groups in total. The van der Waals surface area contributed by atoms with E-state index in [1.165, 1.54) is 23.5 Å². The molecule has 3 aromatic rings. The fourth-order valence-electron chi connectivity index (χ4n) is 2.09. The highest BCUT2D eigenvalue weighted by atomic mass is 35.5. The lowest BCUT2D eigenvalue weighted by Gasteiger charge is -2.06. The Bertz CT molecular complexity index is 864. The molecule has 0 saturated heterocycles. The maximum absolute atomic E-state index is 13.9. The van der Waals surface area contributed by atoms with Crippen molar-refractivity contribution >= 4 is 34.5 Å². The maximum atomic E-state index is 13.9. The zero-order valence-corrected chi connectivity index (χ0v) is 13.7. The Labute approximate surface area is 141 Å². The highest BCUT2D eigenvalue weighted by Crippen LogP contribution is 2.29. The van der Waals surface area contributed by atoms with Crippen LogP contribution in [0.1, 0.15) is 15.4 Å². The van der Waals surface area contributed by atoms with Crippen molar-refractivity contribution in [3.8, 4) is 10.6 Å². The summed E-state index contributed by atoms with van der Waals surface area (Å²) in [6.07, 6.45) is 0. The number of amides is 1. The van der Waals surface area contributed by atoms with Crippen molar-refractivity contribution in [1.29, 1.82) is 0 Å². The van der Waals surface area contributed by atoms with Crippen LogP contribution in [0.2, 0.25) is 5.02 Å². The van der Waals surface area contributed by atoms with Gasteiger partial charge in [0.1, 0.15) is 9.88 Å². The standard InChI is InChI=1S/C17H12ClFN2OS/c1-10-15(23-17(20-10)11-6-3-2-4-7-11)16(22)21-13-9-5-8-12(18)14(13)19/h2-9H,1H3,(H,21,22). The lowest BCUT2D eigenvalue weighted by atomic mass is 10.2. The van der Waals surface area contributed by atoms with Crippen LogP contribution in [-0.4, -0.2) is 10.9 Å². The molecule has 116 valence electrons. The lowest BCUT2D eigenvalue weighted by Crippen LogP contribution is -2.12. The summed E-state index contributed by atoms with van der Waals surface area (Å²) < 4.78 is 13.9. The van der Waals surface area contributed by atoms with Crippen molar-refractivity contribution < 1.29 is 9.18 Å². The molecule has 0 aliphatic heterocycles. The summed E-state index contributed by atoms with van der Waals surface area (Å²) >= 11 is 6.99. The molecule has 0 unspecified atom stereocenters. The SMILES string of the molecule is Cc1nc(-c2ccccc2)sc1C(=O)Nc1cccc(Cl)c1F. The van der Waals surface area contributed by atoms with E-state index in [0.29, 0.717) is 10.6 Å². The number of anilines is 1. The van der Waals surface area contributed by atoms with Crippen LogP contribution in [0.15, 0.2) is 48.5 Å². The highest BCUT2D eigenvalue weighted by molar-refractivity contribution is 7.17. The monoisotopic (exact) mass is 346 g/mol. The maximum Gasteiger partial charge on any atom is 0.267 e. The van der Waals surface area contributed by atoms with Gasteiger partial charge in [0.05, 0.1) is 16.4 Å². The van der Waals surface area contributed by atoms with Crippen molar-refractivity contribution in [1.82, 2.24) is 4.98 Å². The molecule has 2 aromatic carbocycles. The summed E-state index contributed by atoms with van der Waals surface area (Å²) in [6.45, 7) is 1.76. The number of halogens is 2. The van der Waals surface area contributed by atoms with Crippen molar-refractivity contribution in [3.05, 3.63) is 69.9 Å². The van der Waals surface area contributed by atoms with Gasteiger partial charge in [-0.3, -0.25) is 4.79 Å². The Balaban J connectivity index is 1.89. The fraction of sp³-hybridized carbons (Fsp3) is 0.0588. The van der Waals surface area contributed by atoms with Crippen molar-refractivity contribution in [2.45, 2.75) is 6.92 Å². The summed E-state index contributed by atoms with van der Waals surface area (Å²) in [4.78, 5) is 17.3. The first-order valence-electron chi connectivity index (χ1n) is 6.84. The third-order valence-corrected chi connectivity index (χ3v) is 4.72. The first kappa shape index (κ1) is 15.6. The molecule has 1 aromatic heterocycles. The molecule has 0 aliphatic rings. The summed E-state index contributed by atoms with van der Waals surface area (Å²) in [5, 5.41) is 3.26. The minimum atomic E-state index is -0.645. The molecule has 3 rings (SSSR count). The number of nitrogens with zero attached hydrogens (tertiary/aromatic N) is 1. The Hall–Kier alpha value is -2.24. The molecule has 6 heteroatoms. The molecule has 0 aliphatic carbocycles. The number of carbonyl (C=O) groups is 1. The number of carbonyl (C=O) groups excluding carboxylic acids is 1. The average Bonchev–Trinajstić information content (AvgIpc) is 2.95. The van der Waals surface area contributed by atoms with Gasteiger partial charge in [-0.2, -0.15) is 0 Å². The molecule has 0 atom stereocenters. The van der Waals surface area contributed by atoms with Crippen molar-refractivity contribution in [2.75, 3.05) is 5.32 Å². The van der Waals surface area contributed by atoms with Gasteiger partial charge in [-0.1, -0.05) is 48.0 Å². The quantitative estimate of drug-likeness (QED) is 0.711. The Morgan fingerprint density at radius 3 is 2.65 bits per heavy atom. The van der Waals surface area contributed by atoms with Gasteiger partial charge < -0.3 is 5.32 Å². The lowest BCUT2D eigenvalue weighted by molar-refractivity contribution is 0.102. The van der Waals surface area contributed by atoms with E-state index in [0.717, 1.165) is 10.6 Å². The van der Waals surface area contributed by atoms with Gasteiger partial charge in [0, 0.05) is 5.56 Å². The number of nitrogens with one attached hydrogen (secondary N) is 1. The number of aromatic nitrogens is 1. The first-order valence-corrected chi connectivity index (χ1v) is 8.04. The van der Waals surface area contributed by atoms with Crippen LogP contribution in [0, 0.1) is 12.7 Å². The van der Waals surface area contributed by atoms with E-state index in [1.54, 1.807) is 13.0 Å². The Morgan fingerprint density at radius 1 is 1.17 bits per heavy atom. The second-order valence-electron chi connectivity index (χ2n) is 4.86. The van der Waals surface area contributed by atoms with Crippen LogP contribution in [0.5, 0.6) is 0 Å². The van der Waals surface area contributed by atoms with E-state index in [1.807, 2.05) is 30.3 Å². The summed E-state index contributed by atoms with van der Waals surface area (Å²) in [6, 6.07) is 14.1. The molecular formula is C17H12ClFN2OS. The van der Waals surface area contributed by atoms with E-state index >= 15 is 0 Å². The van der Waals surface area contributed by atoms with E-state index in [4.69, 9.17) is 11.6 Å². The number of thiazole rings is 1. The second kappa shape index (κ2) is 6.48. The molecule has 1 heterocycles. The largest absolute Gasteiger partial charge is 0.319 e. The van der Waals surface area contributed by atoms with Gasteiger partial charge in [-0.15, -0.1) is 11.3 Å². The minimum Gasteiger partial charge on any atom is -0.319 e. The molecule has 0 saturated carbocycles. The molecule has 0 bridgehead atoms. The number of rotatable bonds is 3. The van der Waals surface area contributed by atoms with Crippen LogP contribution in [0.4, 0.5) is 10.1 Å².